The van der Waals surface area contributed by atoms with Crippen LogP contribution in [0.3, 0.4) is 0 Å². The molecule has 0 spiro atoms. The fourth-order valence-corrected chi connectivity index (χ4v) is 3.02. The highest BCUT2D eigenvalue weighted by Crippen LogP contribution is 2.22. The number of hydrogen-bond acceptors (Lipinski definition) is 4. The molecule has 0 saturated carbocycles. The molecule has 1 N–H and O–H groups in total. The third kappa shape index (κ3) is 4.41. The zero-order chi connectivity index (χ0) is 16.9. The number of morpholine rings is 1. The Morgan fingerprint density at radius 2 is 2.21 bits per heavy atom. The first-order valence-corrected chi connectivity index (χ1v) is 8.53. The number of ketones is 1. The molecule has 1 saturated heterocycles. The monoisotopic (exact) mass is 344 g/mol. The van der Waals surface area contributed by atoms with Crippen molar-refractivity contribution in [2.45, 2.75) is 25.9 Å². The van der Waals surface area contributed by atoms with Gasteiger partial charge in [0, 0.05) is 32.1 Å². The number of aryl methyl sites for hydroxylation is 1. The average Bonchev–Trinajstić information content (AvgIpc) is 2.59. The van der Waals surface area contributed by atoms with Gasteiger partial charge < -0.3 is 10.1 Å². The SMILES string of the molecule is Cc1cc([C@@H]2CNCCO2)ccc1CC(=O)Cc1ccc(Cl)nc1. The van der Waals surface area contributed by atoms with Crippen molar-refractivity contribution in [1.82, 2.24) is 10.3 Å². The van der Waals surface area contributed by atoms with E-state index in [1.165, 1.54) is 0 Å². The van der Waals surface area contributed by atoms with E-state index in [1.807, 2.05) is 19.1 Å². The number of nitrogens with zero attached hydrogens (tertiary/aromatic N) is 1. The maximum Gasteiger partial charge on any atom is 0.141 e. The van der Waals surface area contributed by atoms with Gasteiger partial charge in [0.05, 0.1) is 12.7 Å². The van der Waals surface area contributed by atoms with Crippen molar-refractivity contribution in [2.75, 3.05) is 19.7 Å². The van der Waals surface area contributed by atoms with Crippen LogP contribution < -0.4 is 5.32 Å². The molecule has 1 aromatic carbocycles. The van der Waals surface area contributed by atoms with Crippen LogP contribution in [0.5, 0.6) is 0 Å². The number of hydrogen-bond donors (Lipinski definition) is 1. The van der Waals surface area contributed by atoms with Gasteiger partial charge in [-0.05, 0) is 35.2 Å². The Morgan fingerprint density at radius 3 is 2.88 bits per heavy atom. The molecule has 0 aliphatic carbocycles. The maximum atomic E-state index is 12.3. The molecule has 0 radical (unpaired) electrons. The molecule has 2 heterocycles. The summed E-state index contributed by atoms with van der Waals surface area (Å²) in [6.07, 6.45) is 2.56. The van der Waals surface area contributed by atoms with Crippen molar-refractivity contribution in [3.63, 3.8) is 0 Å². The number of nitrogens with one attached hydrogen (secondary N) is 1. The van der Waals surface area contributed by atoms with Crippen LogP contribution in [-0.2, 0) is 22.4 Å². The molecule has 4 nitrogen and oxygen atoms in total. The van der Waals surface area contributed by atoms with E-state index >= 15 is 0 Å². The van der Waals surface area contributed by atoms with E-state index in [0.29, 0.717) is 18.0 Å². The summed E-state index contributed by atoms with van der Waals surface area (Å²) >= 11 is 5.77. The Kier molecular flexibility index (Phi) is 5.61. The summed E-state index contributed by atoms with van der Waals surface area (Å²) in [6.45, 7) is 4.52. The van der Waals surface area contributed by atoms with Crippen LogP contribution in [0, 0.1) is 6.92 Å². The second kappa shape index (κ2) is 7.88. The zero-order valence-electron chi connectivity index (χ0n) is 13.7. The number of ether oxygens (including phenoxy) is 1. The molecule has 1 aromatic heterocycles. The third-order valence-corrected chi connectivity index (χ3v) is 4.47. The van der Waals surface area contributed by atoms with Crippen LogP contribution >= 0.6 is 11.6 Å². The standard InChI is InChI=1S/C19H21ClN2O2/c1-13-8-16(18-12-21-6-7-24-18)4-3-15(13)10-17(23)9-14-2-5-19(20)22-11-14/h2-5,8,11,18,21H,6-7,9-10,12H2,1H3/t18-/m0/s1. The summed E-state index contributed by atoms with van der Waals surface area (Å²) in [4.78, 5) is 16.3. The van der Waals surface area contributed by atoms with E-state index in [2.05, 4.69) is 22.4 Å². The Hall–Kier alpha value is -1.75. The summed E-state index contributed by atoms with van der Waals surface area (Å²) in [7, 11) is 0. The largest absolute Gasteiger partial charge is 0.371 e. The lowest BCUT2D eigenvalue weighted by Crippen LogP contribution is -2.33. The van der Waals surface area contributed by atoms with Crippen molar-refractivity contribution in [3.05, 3.63) is 63.9 Å². The normalized spacial score (nSPS) is 17.7. The van der Waals surface area contributed by atoms with E-state index in [-0.39, 0.29) is 11.9 Å². The maximum absolute atomic E-state index is 12.3. The first kappa shape index (κ1) is 17.1. The van der Waals surface area contributed by atoms with Gasteiger partial charge in [-0.25, -0.2) is 4.98 Å². The highest BCUT2D eigenvalue weighted by atomic mass is 35.5. The Labute approximate surface area is 147 Å². The lowest BCUT2D eigenvalue weighted by molar-refractivity contribution is -0.117. The minimum Gasteiger partial charge on any atom is -0.371 e. The number of carbonyl (C=O) groups is 1. The second-order valence-corrected chi connectivity index (χ2v) is 6.52. The summed E-state index contributed by atoms with van der Waals surface area (Å²) in [5, 5.41) is 3.78. The molecule has 1 aliphatic heterocycles. The smallest absolute Gasteiger partial charge is 0.141 e. The second-order valence-electron chi connectivity index (χ2n) is 6.13. The molecule has 1 atom stereocenters. The minimum absolute atomic E-state index is 0.0994. The summed E-state index contributed by atoms with van der Waals surface area (Å²) in [6, 6.07) is 9.79. The van der Waals surface area contributed by atoms with Gasteiger partial charge in [-0.3, -0.25) is 4.79 Å². The van der Waals surface area contributed by atoms with Crippen molar-refractivity contribution < 1.29 is 9.53 Å². The first-order valence-electron chi connectivity index (χ1n) is 8.15. The van der Waals surface area contributed by atoms with Gasteiger partial charge >= 0.3 is 0 Å². The minimum atomic E-state index is 0.0994. The summed E-state index contributed by atoms with van der Waals surface area (Å²) in [5.74, 6) is 0.172. The van der Waals surface area contributed by atoms with Crippen LogP contribution in [-0.4, -0.2) is 30.5 Å². The molecular formula is C19H21ClN2O2. The van der Waals surface area contributed by atoms with Gasteiger partial charge in [-0.2, -0.15) is 0 Å². The average molecular weight is 345 g/mol. The van der Waals surface area contributed by atoms with E-state index in [9.17, 15) is 4.79 Å². The van der Waals surface area contributed by atoms with Crippen LogP contribution in [0.15, 0.2) is 36.5 Å². The number of Topliss-reactive ketones (excluding diaryl/α,β-unsaturated/α-hetero) is 1. The number of rotatable bonds is 5. The van der Waals surface area contributed by atoms with E-state index in [4.69, 9.17) is 16.3 Å². The number of aromatic nitrogens is 1. The molecular weight excluding hydrogens is 324 g/mol. The fourth-order valence-electron chi connectivity index (χ4n) is 2.91. The molecule has 126 valence electrons. The number of benzene rings is 1. The molecule has 0 unspecified atom stereocenters. The topological polar surface area (TPSA) is 51.2 Å². The molecule has 0 amide bonds. The molecule has 5 heteroatoms. The molecule has 3 rings (SSSR count). The highest BCUT2D eigenvalue weighted by Gasteiger charge is 2.16. The number of pyridine rings is 1. The Balaban J connectivity index is 1.64. The van der Waals surface area contributed by atoms with Gasteiger partial charge in [0.25, 0.3) is 0 Å². The zero-order valence-corrected chi connectivity index (χ0v) is 14.5. The molecule has 1 aliphatic rings. The molecule has 0 bridgehead atoms. The predicted molar refractivity (Wildman–Crippen MR) is 94.4 cm³/mol. The van der Waals surface area contributed by atoms with Crippen LogP contribution in [0.1, 0.15) is 28.4 Å². The Bertz CT molecular complexity index is 710. The lowest BCUT2D eigenvalue weighted by Gasteiger charge is -2.24. The van der Waals surface area contributed by atoms with Crippen LogP contribution in [0.2, 0.25) is 5.15 Å². The quantitative estimate of drug-likeness (QED) is 0.847. The fraction of sp³-hybridized carbons (Fsp3) is 0.368. The van der Waals surface area contributed by atoms with Gasteiger partial charge in [-0.1, -0.05) is 35.9 Å². The van der Waals surface area contributed by atoms with E-state index < -0.39 is 0 Å². The van der Waals surface area contributed by atoms with Gasteiger partial charge in [0.2, 0.25) is 0 Å². The van der Waals surface area contributed by atoms with Crippen molar-refractivity contribution in [2.24, 2.45) is 0 Å². The van der Waals surface area contributed by atoms with E-state index in [1.54, 1.807) is 12.3 Å². The van der Waals surface area contributed by atoms with Crippen molar-refractivity contribution in [1.29, 1.82) is 0 Å². The molecule has 1 fully saturated rings. The van der Waals surface area contributed by atoms with Crippen LogP contribution in [0.4, 0.5) is 0 Å². The van der Waals surface area contributed by atoms with E-state index in [0.717, 1.165) is 42.0 Å². The molecule has 2 aromatic rings. The van der Waals surface area contributed by atoms with Gasteiger partial charge in [0.1, 0.15) is 10.9 Å². The Morgan fingerprint density at radius 1 is 1.33 bits per heavy atom. The van der Waals surface area contributed by atoms with Gasteiger partial charge in [-0.15, -0.1) is 0 Å². The summed E-state index contributed by atoms with van der Waals surface area (Å²) < 4.78 is 5.78. The highest BCUT2D eigenvalue weighted by molar-refractivity contribution is 6.29. The third-order valence-electron chi connectivity index (χ3n) is 4.24. The molecule has 24 heavy (non-hydrogen) atoms. The predicted octanol–water partition coefficient (Wildman–Crippen LogP) is 3.06. The lowest BCUT2D eigenvalue weighted by atomic mass is 9.96. The van der Waals surface area contributed by atoms with Crippen molar-refractivity contribution in [3.8, 4) is 0 Å². The number of carbonyl (C=O) groups excluding carboxylic acids is 1. The van der Waals surface area contributed by atoms with Gasteiger partial charge in [0.15, 0.2) is 0 Å². The first-order chi connectivity index (χ1) is 11.6. The summed E-state index contributed by atoms with van der Waals surface area (Å²) in [5.41, 5.74) is 4.25. The van der Waals surface area contributed by atoms with Crippen molar-refractivity contribution >= 4 is 17.4 Å². The number of halogens is 1. The van der Waals surface area contributed by atoms with Crippen LogP contribution in [0.25, 0.3) is 0 Å².